The van der Waals surface area contributed by atoms with Crippen molar-refractivity contribution in [2.24, 2.45) is 0 Å². The van der Waals surface area contributed by atoms with Crippen LogP contribution in [0.3, 0.4) is 0 Å². The molecule has 0 aliphatic carbocycles. The zero-order chi connectivity index (χ0) is 20.1. The predicted octanol–water partition coefficient (Wildman–Crippen LogP) is 3.66. The quantitative estimate of drug-likeness (QED) is 0.830. The molecule has 0 spiro atoms. The van der Waals surface area contributed by atoms with Crippen molar-refractivity contribution in [2.45, 2.75) is 13.3 Å². The van der Waals surface area contributed by atoms with Crippen molar-refractivity contribution in [2.75, 3.05) is 43.5 Å². The standard InChI is InChI=1S/C21H24ClN3O3/c1-3-20(26)25-12-10-24(11-13-25)17-7-5-16(6-8-17)23-21(27)18-14-15(22)4-9-19(18)28-2/h4-9,14H,3,10-13H2,1-2H3,(H,23,27). The fraction of sp³-hybridized carbons (Fsp3) is 0.333. The van der Waals surface area contributed by atoms with Crippen molar-refractivity contribution in [3.05, 3.63) is 53.1 Å². The topological polar surface area (TPSA) is 61.9 Å². The second-order valence-electron chi connectivity index (χ2n) is 6.57. The second-order valence-corrected chi connectivity index (χ2v) is 7.00. The van der Waals surface area contributed by atoms with E-state index in [1.54, 1.807) is 18.2 Å². The van der Waals surface area contributed by atoms with Gasteiger partial charge in [-0.25, -0.2) is 0 Å². The van der Waals surface area contributed by atoms with E-state index in [4.69, 9.17) is 16.3 Å². The van der Waals surface area contributed by atoms with Gasteiger partial charge in [-0.1, -0.05) is 18.5 Å². The maximum atomic E-state index is 12.6. The Morgan fingerprint density at radius 2 is 1.75 bits per heavy atom. The van der Waals surface area contributed by atoms with E-state index in [1.807, 2.05) is 36.1 Å². The Balaban J connectivity index is 1.63. The Morgan fingerprint density at radius 1 is 1.07 bits per heavy atom. The molecular weight excluding hydrogens is 378 g/mol. The molecule has 0 radical (unpaired) electrons. The Hall–Kier alpha value is -2.73. The summed E-state index contributed by atoms with van der Waals surface area (Å²) >= 11 is 6.00. The average molecular weight is 402 g/mol. The lowest BCUT2D eigenvalue weighted by Crippen LogP contribution is -2.48. The van der Waals surface area contributed by atoms with E-state index in [-0.39, 0.29) is 11.8 Å². The van der Waals surface area contributed by atoms with Gasteiger partial charge in [0, 0.05) is 49.0 Å². The van der Waals surface area contributed by atoms with Crippen LogP contribution in [0.15, 0.2) is 42.5 Å². The highest BCUT2D eigenvalue weighted by Crippen LogP contribution is 2.25. The van der Waals surface area contributed by atoms with Gasteiger partial charge in [-0.15, -0.1) is 0 Å². The Kier molecular flexibility index (Phi) is 6.41. The monoisotopic (exact) mass is 401 g/mol. The van der Waals surface area contributed by atoms with Crippen LogP contribution >= 0.6 is 11.6 Å². The zero-order valence-electron chi connectivity index (χ0n) is 16.1. The van der Waals surface area contributed by atoms with Crippen LogP contribution in [0.4, 0.5) is 11.4 Å². The third kappa shape index (κ3) is 4.57. The van der Waals surface area contributed by atoms with Gasteiger partial charge in [0.05, 0.1) is 12.7 Å². The van der Waals surface area contributed by atoms with E-state index < -0.39 is 0 Å². The van der Waals surface area contributed by atoms with Crippen LogP contribution in [0.2, 0.25) is 5.02 Å². The minimum absolute atomic E-state index is 0.203. The number of nitrogens with zero attached hydrogens (tertiary/aromatic N) is 2. The summed E-state index contributed by atoms with van der Waals surface area (Å²) in [6, 6.07) is 12.6. The van der Waals surface area contributed by atoms with Crippen molar-refractivity contribution < 1.29 is 14.3 Å². The summed E-state index contributed by atoms with van der Waals surface area (Å²) in [5, 5.41) is 3.34. The fourth-order valence-electron chi connectivity index (χ4n) is 3.25. The summed E-state index contributed by atoms with van der Waals surface area (Å²) in [6.07, 6.45) is 0.547. The number of carbonyl (C=O) groups excluding carboxylic acids is 2. The molecule has 3 rings (SSSR count). The van der Waals surface area contributed by atoms with Gasteiger partial charge in [0.1, 0.15) is 5.75 Å². The molecule has 2 aromatic rings. The SMILES string of the molecule is CCC(=O)N1CCN(c2ccc(NC(=O)c3cc(Cl)ccc3OC)cc2)CC1. The molecule has 0 saturated carbocycles. The second kappa shape index (κ2) is 8.97. The van der Waals surface area contributed by atoms with Gasteiger partial charge in [-0.05, 0) is 42.5 Å². The Bertz CT molecular complexity index is 846. The number of benzene rings is 2. The highest BCUT2D eigenvalue weighted by atomic mass is 35.5. The van der Waals surface area contributed by atoms with Crippen LogP contribution in [0.25, 0.3) is 0 Å². The van der Waals surface area contributed by atoms with Crippen molar-refractivity contribution in [3.63, 3.8) is 0 Å². The lowest BCUT2D eigenvalue weighted by Gasteiger charge is -2.36. The van der Waals surface area contributed by atoms with E-state index in [1.165, 1.54) is 7.11 Å². The molecule has 7 heteroatoms. The molecule has 6 nitrogen and oxygen atoms in total. The Labute approximate surface area is 170 Å². The molecule has 2 aromatic carbocycles. The molecular formula is C21H24ClN3O3. The number of methoxy groups -OCH3 is 1. The van der Waals surface area contributed by atoms with Gasteiger partial charge in [-0.2, -0.15) is 0 Å². The maximum absolute atomic E-state index is 12.6. The molecule has 1 aliphatic heterocycles. The first kappa shape index (κ1) is 20.0. The number of rotatable bonds is 5. The lowest BCUT2D eigenvalue weighted by atomic mass is 10.1. The third-order valence-corrected chi connectivity index (χ3v) is 5.07. The van der Waals surface area contributed by atoms with Crippen LogP contribution in [0.5, 0.6) is 5.75 Å². The number of nitrogens with one attached hydrogen (secondary N) is 1. The molecule has 0 atom stereocenters. The number of piperazine rings is 1. The molecule has 1 aliphatic rings. The van der Waals surface area contributed by atoms with Crippen LogP contribution in [-0.2, 0) is 4.79 Å². The van der Waals surface area contributed by atoms with E-state index in [2.05, 4.69) is 10.2 Å². The van der Waals surface area contributed by atoms with Crippen LogP contribution in [0, 0.1) is 0 Å². The number of amides is 2. The molecule has 0 bridgehead atoms. The number of halogens is 1. The summed E-state index contributed by atoms with van der Waals surface area (Å²) in [5.41, 5.74) is 2.15. The lowest BCUT2D eigenvalue weighted by molar-refractivity contribution is -0.131. The Morgan fingerprint density at radius 3 is 2.36 bits per heavy atom. The number of hydrogen-bond acceptors (Lipinski definition) is 4. The summed E-state index contributed by atoms with van der Waals surface area (Å²) < 4.78 is 5.24. The van der Waals surface area contributed by atoms with Crippen molar-refractivity contribution >= 4 is 34.8 Å². The molecule has 1 fully saturated rings. The molecule has 1 heterocycles. The molecule has 2 amide bonds. The normalized spacial score (nSPS) is 14.0. The van der Waals surface area contributed by atoms with E-state index in [9.17, 15) is 9.59 Å². The summed E-state index contributed by atoms with van der Waals surface area (Å²) in [7, 11) is 1.52. The predicted molar refractivity (Wildman–Crippen MR) is 111 cm³/mol. The summed E-state index contributed by atoms with van der Waals surface area (Å²) in [4.78, 5) is 28.5. The van der Waals surface area contributed by atoms with Gasteiger partial charge < -0.3 is 19.9 Å². The smallest absolute Gasteiger partial charge is 0.259 e. The highest BCUT2D eigenvalue weighted by molar-refractivity contribution is 6.31. The molecule has 148 valence electrons. The first-order valence-corrected chi connectivity index (χ1v) is 9.67. The molecule has 0 unspecified atom stereocenters. The minimum Gasteiger partial charge on any atom is -0.496 e. The van der Waals surface area contributed by atoms with Crippen LogP contribution in [0.1, 0.15) is 23.7 Å². The number of anilines is 2. The molecule has 1 N–H and O–H groups in total. The van der Waals surface area contributed by atoms with Crippen molar-refractivity contribution in [1.29, 1.82) is 0 Å². The molecule has 0 aromatic heterocycles. The van der Waals surface area contributed by atoms with E-state index >= 15 is 0 Å². The molecule has 1 saturated heterocycles. The van der Waals surface area contributed by atoms with Crippen LogP contribution in [-0.4, -0.2) is 50.0 Å². The van der Waals surface area contributed by atoms with E-state index in [0.29, 0.717) is 28.4 Å². The van der Waals surface area contributed by atoms with Crippen molar-refractivity contribution in [1.82, 2.24) is 4.90 Å². The summed E-state index contributed by atoms with van der Waals surface area (Å²) in [6.45, 7) is 4.97. The maximum Gasteiger partial charge on any atom is 0.259 e. The highest BCUT2D eigenvalue weighted by Gasteiger charge is 2.20. The van der Waals surface area contributed by atoms with Crippen molar-refractivity contribution in [3.8, 4) is 5.75 Å². The number of hydrogen-bond donors (Lipinski definition) is 1. The summed E-state index contributed by atoms with van der Waals surface area (Å²) in [5.74, 6) is 0.394. The van der Waals surface area contributed by atoms with Gasteiger partial charge in [-0.3, -0.25) is 9.59 Å². The third-order valence-electron chi connectivity index (χ3n) is 4.83. The van der Waals surface area contributed by atoms with Crippen LogP contribution < -0.4 is 15.0 Å². The molecule has 28 heavy (non-hydrogen) atoms. The van der Waals surface area contributed by atoms with Gasteiger partial charge >= 0.3 is 0 Å². The van der Waals surface area contributed by atoms with Gasteiger partial charge in [0.25, 0.3) is 5.91 Å². The van der Waals surface area contributed by atoms with Gasteiger partial charge in [0.2, 0.25) is 5.91 Å². The largest absolute Gasteiger partial charge is 0.496 e. The van der Waals surface area contributed by atoms with E-state index in [0.717, 1.165) is 31.9 Å². The minimum atomic E-state index is -0.279. The number of carbonyl (C=O) groups is 2. The first-order chi connectivity index (χ1) is 13.5. The first-order valence-electron chi connectivity index (χ1n) is 9.29. The van der Waals surface area contributed by atoms with Gasteiger partial charge in [0.15, 0.2) is 0 Å². The fourth-order valence-corrected chi connectivity index (χ4v) is 3.42. The average Bonchev–Trinajstić information content (AvgIpc) is 2.73. The zero-order valence-corrected chi connectivity index (χ0v) is 16.8. The number of ether oxygens (including phenoxy) is 1.